The molecule has 0 saturated carbocycles. The minimum Gasteiger partial charge on any atom is -0.368 e. The van der Waals surface area contributed by atoms with Gasteiger partial charge in [0.15, 0.2) is 0 Å². The maximum atomic E-state index is 7.04. The number of nitrogens with one attached hydrogen (secondary N) is 1. The van der Waals surface area contributed by atoms with Crippen LogP contribution in [0.25, 0.3) is 0 Å². The third kappa shape index (κ3) is 1.75. The Morgan fingerprint density at radius 2 is 1.83 bits per heavy atom. The first kappa shape index (κ1) is 8.59. The number of nitrogens with zero attached hydrogens (tertiary/aromatic N) is 1. The molecule has 0 spiro atoms. The van der Waals surface area contributed by atoms with Gasteiger partial charge in [-0.1, -0.05) is 18.2 Å². The van der Waals surface area contributed by atoms with E-state index in [-0.39, 0.29) is 5.96 Å². The van der Waals surface area contributed by atoms with Crippen molar-refractivity contribution in [1.29, 1.82) is 5.41 Å². The molecule has 0 unspecified atom stereocenters. The number of nitrogens with two attached hydrogens (primary N) is 1. The molecule has 0 aliphatic carbocycles. The highest BCUT2D eigenvalue weighted by Gasteiger charge is 2.03. The normalized spacial score (nSPS) is 9.50. The van der Waals surface area contributed by atoms with Crippen LogP contribution in [0.4, 0.5) is 5.69 Å². The van der Waals surface area contributed by atoms with Crippen molar-refractivity contribution in [2.24, 2.45) is 5.73 Å². The molecule has 63 valence electrons. The number of guanidine groups is 1. The third-order valence-corrected chi connectivity index (χ3v) is 1.67. The average Bonchev–Trinajstić information content (AvgIpc) is 1.97. The predicted octanol–water partition coefficient (Wildman–Crippen LogP) is 1.43. The highest BCUT2D eigenvalue weighted by atomic mass is 15.0. The van der Waals surface area contributed by atoms with Gasteiger partial charge >= 0.3 is 0 Å². The number of hydrogen-bond donors (Lipinski definition) is 2. The van der Waals surface area contributed by atoms with Crippen LogP contribution in [0.5, 0.6) is 0 Å². The molecule has 0 aliphatic rings. The van der Waals surface area contributed by atoms with E-state index in [2.05, 4.69) is 5.32 Å². The van der Waals surface area contributed by atoms with Gasteiger partial charge in [0, 0.05) is 0 Å². The van der Waals surface area contributed by atoms with Crippen LogP contribution in [-0.4, -0.2) is 5.96 Å². The second-order valence-corrected chi connectivity index (χ2v) is 2.74. The molecule has 3 nitrogen and oxygen atoms in total. The minimum atomic E-state index is -0.146. The smallest absolute Gasteiger partial charge is 0.212 e. The Balaban J connectivity index is 3.04. The van der Waals surface area contributed by atoms with E-state index in [0.29, 0.717) is 0 Å². The van der Waals surface area contributed by atoms with Crippen LogP contribution in [0.2, 0.25) is 0 Å². The Morgan fingerprint density at radius 3 is 2.25 bits per heavy atom. The van der Waals surface area contributed by atoms with Gasteiger partial charge in [-0.2, -0.15) is 0 Å². The molecule has 0 bridgehead atoms. The lowest BCUT2D eigenvalue weighted by atomic mass is 10.1. The van der Waals surface area contributed by atoms with Crippen LogP contribution >= 0.6 is 0 Å². The first-order chi connectivity index (χ1) is 5.61. The summed E-state index contributed by atoms with van der Waals surface area (Å²) in [5.41, 5.74) is 8.08. The van der Waals surface area contributed by atoms with Crippen molar-refractivity contribution in [2.75, 3.05) is 0 Å². The topological polar surface area (TPSA) is 64.0 Å². The van der Waals surface area contributed by atoms with Gasteiger partial charge in [-0.3, -0.25) is 5.41 Å². The molecule has 0 heterocycles. The van der Waals surface area contributed by atoms with Gasteiger partial charge in [0.25, 0.3) is 0 Å². The van der Waals surface area contributed by atoms with E-state index in [9.17, 15) is 0 Å². The summed E-state index contributed by atoms with van der Waals surface area (Å²) in [6.45, 7) is 3.91. The fraction of sp³-hybridized carbons (Fsp3) is 0.222. The van der Waals surface area contributed by atoms with E-state index >= 15 is 0 Å². The van der Waals surface area contributed by atoms with Gasteiger partial charge in [0.1, 0.15) is 0 Å². The summed E-state index contributed by atoms with van der Waals surface area (Å²) in [6.07, 6.45) is 0. The summed E-state index contributed by atoms with van der Waals surface area (Å²) >= 11 is 0. The lowest BCUT2D eigenvalue weighted by Crippen LogP contribution is -2.20. The third-order valence-electron chi connectivity index (χ3n) is 1.67. The lowest BCUT2D eigenvalue weighted by molar-refractivity contribution is 1.13. The molecule has 1 aromatic carbocycles. The van der Waals surface area contributed by atoms with Crippen molar-refractivity contribution in [1.82, 2.24) is 5.32 Å². The number of hydrogen-bond acceptors (Lipinski definition) is 1. The molecule has 3 N–H and O–H groups in total. The zero-order valence-corrected chi connectivity index (χ0v) is 7.26. The summed E-state index contributed by atoms with van der Waals surface area (Å²) in [6, 6.07) is 5.87. The second kappa shape index (κ2) is 3.26. The fourth-order valence-corrected chi connectivity index (χ4v) is 1.10. The Labute approximate surface area is 72.1 Å². The fourth-order valence-electron chi connectivity index (χ4n) is 1.10. The van der Waals surface area contributed by atoms with Gasteiger partial charge < -0.3 is 5.73 Å². The van der Waals surface area contributed by atoms with E-state index in [1.807, 2.05) is 32.0 Å². The molecule has 3 heteroatoms. The average molecular weight is 162 g/mol. The summed E-state index contributed by atoms with van der Waals surface area (Å²) < 4.78 is 0. The molecule has 1 radical (unpaired) electrons. The number of rotatable bonds is 1. The zero-order chi connectivity index (χ0) is 9.14. The van der Waals surface area contributed by atoms with Crippen LogP contribution in [0.15, 0.2) is 18.2 Å². The highest BCUT2D eigenvalue weighted by molar-refractivity contribution is 5.80. The molecule has 0 fully saturated rings. The van der Waals surface area contributed by atoms with Crippen molar-refractivity contribution in [3.63, 3.8) is 0 Å². The monoisotopic (exact) mass is 162 g/mol. The highest BCUT2D eigenvalue weighted by Crippen LogP contribution is 2.18. The Morgan fingerprint density at radius 1 is 1.33 bits per heavy atom. The van der Waals surface area contributed by atoms with Gasteiger partial charge in [-0.05, 0) is 25.0 Å². The van der Waals surface area contributed by atoms with Crippen LogP contribution in [0.1, 0.15) is 11.1 Å². The number of para-hydroxylation sites is 1. The quantitative estimate of drug-likeness (QED) is 0.476. The van der Waals surface area contributed by atoms with E-state index in [4.69, 9.17) is 11.1 Å². The number of benzene rings is 1. The molecule has 0 aromatic heterocycles. The van der Waals surface area contributed by atoms with Crippen LogP contribution in [0, 0.1) is 19.3 Å². The molecule has 0 atom stereocenters. The Kier molecular flexibility index (Phi) is 2.33. The van der Waals surface area contributed by atoms with E-state index < -0.39 is 0 Å². The molecule has 0 amide bonds. The number of aryl methyl sites for hydroxylation is 2. The van der Waals surface area contributed by atoms with Gasteiger partial charge in [-0.25, -0.2) is 5.32 Å². The van der Waals surface area contributed by atoms with Gasteiger partial charge in [-0.15, -0.1) is 0 Å². The summed E-state index contributed by atoms with van der Waals surface area (Å²) in [7, 11) is 0. The SMILES string of the molecule is Cc1cccc(C)c1[N]C(=N)N. The maximum Gasteiger partial charge on any atom is 0.212 e. The standard InChI is InChI=1S/C9H12N3/c1-6-4-3-5-7(2)8(6)12-9(10)11/h3-5H,1-2H3,(H3,10,11). The van der Waals surface area contributed by atoms with Gasteiger partial charge in [0.2, 0.25) is 5.96 Å². The van der Waals surface area contributed by atoms with Crippen LogP contribution in [0.3, 0.4) is 0 Å². The molecule has 1 rings (SSSR count). The minimum absolute atomic E-state index is 0.146. The molecule has 0 aliphatic heterocycles. The molecular formula is C9H12N3. The summed E-state index contributed by atoms with van der Waals surface area (Å²) in [4.78, 5) is 0. The summed E-state index contributed by atoms with van der Waals surface area (Å²) in [5, 5.41) is 11.0. The zero-order valence-electron chi connectivity index (χ0n) is 7.26. The largest absolute Gasteiger partial charge is 0.368 e. The van der Waals surface area contributed by atoms with E-state index in [1.165, 1.54) is 0 Å². The molecule has 0 saturated heterocycles. The van der Waals surface area contributed by atoms with Crippen molar-refractivity contribution < 1.29 is 0 Å². The first-order valence-corrected chi connectivity index (χ1v) is 3.73. The molecule has 12 heavy (non-hydrogen) atoms. The van der Waals surface area contributed by atoms with Crippen molar-refractivity contribution in [3.05, 3.63) is 29.3 Å². The molecule has 1 aromatic rings. The Hall–Kier alpha value is -1.51. The van der Waals surface area contributed by atoms with Crippen molar-refractivity contribution in [3.8, 4) is 0 Å². The molecular weight excluding hydrogens is 150 g/mol. The Bertz CT molecular complexity index is 284. The van der Waals surface area contributed by atoms with Crippen molar-refractivity contribution in [2.45, 2.75) is 13.8 Å². The predicted molar refractivity (Wildman–Crippen MR) is 49.6 cm³/mol. The second-order valence-electron chi connectivity index (χ2n) is 2.74. The first-order valence-electron chi connectivity index (χ1n) is 3.73. The van der Waals surface area contributed by atoms with E-state index in [1.54, 1.807) is 0 Å². The van der Waals surface area contributed by atoms with Crippen molar-refractivity contribution >= 4 is 11.6 Å². The van der Waals surface area contributed by atoms with E-state index in [0.717, 1.165) is 16.8 Å². The van der Waals surface area contributed by atoms with Crippen LogP contribution in [-0.2, 0) is 0 Å². The van der Waals surface area contributed by atoms with Crippen LogP contribution < -0.4 is 11.1 Å². The maximum absolute atomic E-state index is 7.04. The lowest BCUT2D eigenvalue weighted by Gasteiger charge is -2.07. The van der Waals surface area contributed by atoms with Gasteiger partial charge in [0.05, 0.1) is 5.69 Å². The summed E-state index contributed by atoms with van der Waals surface area (Å²) in [5.74, 6) is -0.146.